The molecule has 0 heterocycles. The molecule has 0 aliphatic rings. The molecule has 0 spiro atoms. The summed E-state index contributed by atoms with van der Waals surface area (Å²) in [7, 11) is 0. The van der Waals surface area contributed by atoms with Gasteiger partial charge in [-0.25, -0.2) is 0 Å². The molecule has 0 N–H and O–H groups in total. The van der Waals surface area contributed by atoms with Gasteiger partial charge in [-0.15, -0.1) is 0 Å². The van der Waals surface area contributed by atoms with Crippen LogP contribution < -0.4 is 0 Å². The molecule has 0 aromatic heterocycles. The van der Waals surface area contributed by atoms with Crippen LogP contribution in [-0.2, 0) is 0 Å². The minimum Gasteiger partial charge on any atom is -0.0654 e. The van der Waals surface area contributed by atoms with Gasteiger partial charge in [-0.2, -0.15) is 0 Å². The van der Waals surface area contributed by atoms with Gasteiger partial charge in [-0.3, -0.25) is 0 Å². The monoisotopic (exact) mass is 198 g/mol. The van der Waals surface area contributed by atoms with Gasteiger partial charge in [0, 0.05) is 0 Å². The summed E-state index contributed by atoms with van der Waals surface area (Å²) in [4.78, 5) is 0. The fraction of sp³-hybridized carbons (Fsp3) is 1.00. The Kier molecular flexibility index (Phi) is 7.31. The van der Waals surface area contributed by atoms with Crippen molar-refractivity contribution in [2.75, 3.05) is 0 Å². The molecule has 0 heteroatoms. The smallest absolute Gasteiger partial charge is 0.0357 e. The number of rotatable bonds is 8. The molecule has 86 valence electrons. The first-order chi connectivity index (χ1) is 6.55. The first-order valence-corrected chi connectivity index (χ1v) is 6.55. The molecule has 0 aromatic rings. The molecule has 1 atom stereocenters. The van der Waals surface area contributed by atoms with Crippen LogP contribution >= 0.6 is 0 Å². The Hall–Kier alpha value is 0. The topological polar surface area (TPSA) is 0 Å². The Morgan fingerprint density at radius 1 is 1.00 bits per heavy atom. The highest BCUT2D eigenvalue weighted by atomic mass is 14.2. The van der Waals surface area contributed by atoms with Crippen molar-refractivity contribution in [1.82, 2.24) is 0 Å². The van der Waals surface area contributed by atoms with Gasteiger partial charge in [-0.05, 0) is 24.2 Å². The summed E-state index contributed by atoms with van der Waals surface area (Å²) in [6.07, 6.45) is 9.77. The van der Waals surface area contributed by atoms with Gasteiger partial charge in [0.2, 0.25) is 0 Å². The molecule has 0 aliphatic heterocycles. The third kappa shape index (κ3) is 6.45. The van der Waals surface area contributed by atoms with E-state index in [0.29, 0.717) is 5.41 Å². The first kappa shape index (κ1) is 14.0. The van der Waals surface area contributed by atoms with E-state index in [1.807, 2.05) is 0 Å². The van der Waals surface area contributed by atoms with Gasteiger partial charge >= 0.3 is 0 Å². The molecule has 0 radical (unpaired) electrons. The standard InChI is InChI=1S/C14H30/c1-6-9-10-13(7-2)11-12-14(4,5)8-3/h13H,6-12H2,1-5H3. The van der Waals surface area contributed by atoms with Crippen LogP contribution in [-0.4, -0.2) is 0 Å². The molecule has 0 saturated carbocycles. The Bertz CT molecular complexity index is 124. The van der Waals surface area contributed by atoms with Crippen LogP contribution in [0.15, 0.2) is 0 Å². The highest BCUT2D eigenvalue weighted by Crippen LogP contribution is 2.30. The quantitative estimate of drug-likeness (QED) is 0.488. The summed E-state index contributed by atoms with van der Waals surface area (Å²) in [5.74, 6) is 0.987. The molecule has 0 saturated heterocycles. The SMILES string of the molecule is CCCCC(CC)CCC(C)(C)CC. The fourth-order valence-corrected chi connectivity index (χ4v) is 1.82. The van der Waals surface area contributed by atoms with Crippen LogP contribution in [0.4, 0.5) is 0 Å². The van der Waals surface area contributed by atoms with E-state index in [2.05, 4.69) is 34.6 Å². The van der Waals surface area contributed by atoms with Crippen molar-refractivity contribution in [3.8, 4) is 0 Å². The normalized spacial score (nSPS) is 14.4. The molecule has 0 rings (SSSR count). The van der Waals surface area contributed by atoms with E-state index in [-0.39, 0.29) is 0 Å². The number of unbranched alkanes of at least 4 members (excludes halogenated alkanes) is 1. The van der Waals surface area contributed by atoms with E-state index < -0.39 is 0 Å². The van der Waals surface area contributed by atoms with E-state index in [0.717, 1.165) is 5.92 Å². The molecular formula is C14H30. The average Bonchev–Trinajstić information content (AvgIpc) is 2.18. The summed E-state index contributed by atoms with van der Waals surface area (Å²) >= 11 is 0. The third-order valence-corrected chi connectivity index (χ3v) is 3.73. The third-order valence-electron chi connectivity index (χ3n) is 3.73. The van der Waals surface area contributed by atoms with Crippen LogP contribution in [0.25, 0.3) is 0 Å². The Morgan fingerprint density at radius 3 is 2.07 bits per heavy atom. The molecule has 0 aromatic carbocycles. The van der Waals surface area contributed by atoms with Crippen molar-refractivity contribution in [2.45, 2.75) is 79.6 Å². The van der Waals surface area contributed by atoms with E-state index in [9.17, 15) is 0 Å². The van der Waals surface area contributed by atoms with Crippen molar-refractivity contribution in [3.63, 3.8) is 0 Å². The minimum atomic E-state index is 0.569. The van der Waals surface area contributed by atoms with E-state index >= 15 is 0 Å². The van der Waals surface area contributed by atoms with Crippen LogP contribution in [0.3, 0.4) is 0 Å². The summed E-state index contributed by atoms with van der Waals surface area (Å²) < 4.78 is 0. The molecule has 14 heavy (non-hydrogen) atoms. The van der Waals surface area contributed by atoms with Gasteiger partial charge in [-0.1, -0.05) is 66.7 Å². The summed E-state index contributed by atoms with van der Waals surface area (Å²) in [5, 5.41) is 0. The van der Waals surface area contributed by atoms with Crippen LogP contribution in [0.2, 0.25) is 0 Å². The van der Waals surface area contributed by atoms with Crippen molar-refractivity contribution in [1.29, 1.82) is 0 Å². The van der Waals surface area contributed by atoms with Crippen molar-refractivity contribution in [3.05, 3.63) is 0 Å². The lowest BCUT2D eigenvalue weighted by Gasteiger charge is -2.25. The maximum absolute atomic E-state index is 2.40. The predicted octanol–water partition coefficient (Wildman–Crippen LogP) is 5.42. The molecule has 1 unspecified atom stereocenters. The van der Waals surface area contributed by atoms with Crippen LogP contribution in [0.5, 0.6) is 0 Å². The largest absolute Gasteiger partial charge is 0.0654 e. The zero-order valence-corrected chi connectivity index (χ0v) is 11.0. The second-order valence-corrected chi connectivity index (χ2v) is 5.47. The molecule has 0 aliphatic carbocycles. The second kappa shape index (κ2) is 7.31. The molecule has 0 fully saturated rings. The Balaban J connectivity index is 3.71. The summed E-state index contributed by atoms with van der Waals surface area (Å²) in [5.41, 5.74) is 0.569. The number of hydrogen-bond donors (Lipinski definition) is 0. The second-order valence-electron chi connectivity index (χ2n) is 5.47. The Labute approximate surface area is 91.5 Å². The summed E-state index contributed by atoms with van der Waals surface area (Å²) in [6.45, 7) is 11.8. The Morgan fingerprint density at radius 2 is 1.64 bits per heavy atom. The maximum Gasteiger partial charge on any atom is -0.0357 e. The fourth-order valence-electron chi connectivity index (χ4n) is 1.82. The first-order valence-electron chi connectivity index (χ1n) is 6.55. The van der Waals surface area contributed by atoms with Crippen molar-refractivity contribution < 1.29 is 0 Å². The van der Waals surface area contributed by atoms with E-state index in [1.54, 1.807) is 0 Å². The molecular weight excluding hydrogens is 168 g/mol. The highest BCUT2D eigenvalue weighted by Gasteiger charge is 2.17. The van der Waals surface area contributed by atoms with Gasteiger partial charge in [0.25, 0.3) is 0 Å². The molecule has 0 amide bonds. The van der Waals surface area contributed by atoms with E-state index in [1.165, 1.54) is 44.9 Å². The number of hydrogen-bond acceptors (Lipinski definition) is 0. The van der Waals surface area contributed by atoms with Crippen LogP contribution in [0.1, 0.15) is 79.6 Å². The average molecular weight is 198 g/mol. The zero-order chi connectivity index (χ0) is 11.0. The lowest BCUT2D eigenvalue weighted by Crippen LogP contribution is -2.12. The lowest BCUT2D eigenvalue weighted by molar-refractivity contribution is 0.272. The van der Waals surface area contributed by atoms with E-state index in [4.69, 9.17) is 0 Å². The lowest BCUT2D eigenvalue weighted by atomic mass is 9.81. The van der Waals surface area contributed by atoms with Gasteiger partial charge in [0.05, 0.1) is 0 Å². The zero-order valence-electron chi connectivity index (χ0n) is 11.0. The van der Waals surface area contributed by atoms with Crippen molar-refractivity contribution in [2.24, 2.45) is 11.3 Å². The predicted molar refractivity (Wildman–Crippen MR) is 66.6 cm³/mol. The van der Waals surface area contributed by atoms with Gasteiger partial charge in [0.1, 0.15) is 0 Å². The van der Waals surface area contributed by atoms with Gasteiger partial charge < -0.3 is 0 Å². The minimum absolute atomic E-state index is 0.569. The highest BCUT2D eigenvalue weighted by molar-refractivity contribution is 4.69. The van der Waals surface area contributed by atoms with Crippen LogP contribution in [0, 0.1) is 11.3 Å². The maximum atomic E-state index is 2.40. The summed E-state index contributed by atoms with van der Waals surface area (Å²) in [6, 6.07) is 0. The van der Waals surface area contributed by atoms with Gasteiger partial charge in [0.15, 0.2) is 0 Å². The molecule has 0 bridgehead atoms. The molecule has 0 nitrogen and oxygen atoms in total. The van der Waals surface area contributed by atoms with Crippen molar-refractivity contribution >= 4 is 0 Å².